The molecular formula is C13H18N4. The van der Waals surface area contributed by atoms with E-state index in [4.69, 9.17) is 5.73 Å². The summed E-state index contributed by atoms with van der Waals surface area (Å²) in [5.41, 5.74) is 7.43. The van der Waals surface area contributed by atoms with Crippen LogP contribution in [0.15, 0.2) is 30.9 Å². The third-order valence-electron chi connectivity index (χ3n) is 3.53. The van der Waals surface area contributed by atoms with Crippen molar-refractivity contribution in [3.63, 3.8) is 0 Å². The van der Waals surface area contributed by atoms with E-state index in [-0.39, 0.29) is 6.04 Å². The second-order valence-corrected chi connectivity index (χ2v) is 4.93. The zero-order valence-corrected chi connectivity index (χ0v) is 10.1. The van der Waals surface area contributed by atoms with Crippen LogP contribution in [0.5, 0.6) is 0 Å². The molecule has 1 unspecified atom stereocenters. The van der Waals surface area contributed by atoms with Crippen molar-refractivity contribution in [2.45, 2.75) is 25.4 Å². The van der Waals surface area contributed by atoms with Gasteiger partial charge in [0.1, 0.15) is 5.82 Å². The summed E-state index contributed by atoms with van der Waals surface area (Å²) in [7, 11) is 2.02. The number of aryl methyl sites for hydroxylation is 1. The molecule has 2 N–H and O–H groups in total. The zero-order valence-electron chi connectivity index (χ0n) is 10.1. The lowest BCUT2D eigenvalue weighted by molar-refractivity contribution is 0.628. The van der Waals surface area contributed by atoms with Gasteiger partial charge in [0.2, 0.25) is 0 Å². The molecule has 0 aromatic carbocycles. The molecule has 1 atom stereocenters. The predicted octanol–water partition coefficient (Wildman–Crippen LogP) is 1.68. The van der Waals surface area contributed by atoms with Crippen molar-refractivity contribution in [2.24, 2.45) is 18.7 Å². The maximum absolute atomic E-state index is 6.18. The lowest BCUT2D eigenvalue weighted by atomic mass is 10.1. The number of hydrogen-bond acceptors (Lipinski definition) is 2. The Morgan fingerprint density at radius 1 is 1.47 bits per heavy atom. The van der Waals surface area contributed by atoms with Crippen molar-refractivity contribution in [1.29, 1.82) is 0 Å². The van der Waals surface area contributed by atoms with Crippen LogP contribution < -0.4 is 5.73 Å². The summed E-state index contributed by atoms with van der Waals surface area (Å²) in [6, 6.07) is 2.35. The molecule has 0 saturated heterocycles. The second kappa shape index (κ2) is 4.04. The minimum Gasteiger partial charge on any atom is -0.346 e. The van der Waals surface area contributed by atoms with Crippen LogP contribution >= 0.6 is 0 Å². The van der Waals surface area contributed by atoms with Crippen LogP contribution in [0.25, 0.3) is 0 Å². The first-order valence-electron chi connectivity index (χ1n) is 6.11. The highest BCUT2D eigenvalue weighted by Gasteiger charge is 2.29. The van der Waals surface area contributed by atoms with E-state index < -0.39 is 0 Å². The predicted molar refractivity (Wildman–Crippen MR) is 66.4 cm³/mol. The highest BCUT2D eigenvalue weighted by molar-refractivity contribution is 5.18. The molecule has 3 rings (SSSR count). The molecule has 0 bridgehead atoms. The third kappa shape index (κ3) is 2.13. The third-order valence-corrected chi connectivity index (χ3v) is 3.53. The van der Waals surface area contributed by atoms with Gasteiger partial charge >= 0.3 is 0 Å². The SMILES string of the molecule is Cn1ccnc1Cn1ccc(C(N)C2CC2)c1. The monoisotopic (exact) mass is 230 g/mol. The molecule has 0 radical (unpaired) electrons. The molecule has 17 heavy (non-hydrogen) atoms. The fourth-order valence-corrected chi connectivity index (χ4v) is 2.19. The van der Waals surface area contributed by atoms with Gasteiger partial charge in [-0.2, -0.15) is 0 Å². The zero-order chi connectivity index (χ0) is 11.8. The molecule has 2 aromatic rings. The molecule has 4 heteroatoms. The fourth-order valence-electron chi connectivity index (χ4n) is 2.19. The van der Waals surface area contributed by atoms with E-state index in [9.17, 15) is 0 Å². The highest BCUT2D eigenvalue weighted by Crippen LogP contribution is 2.39. The normalized spacial score (nSPS) is 17.3. The van der Waals surface area contributed by atoms with Gasteiger partial charge in [-0.05, 0) is 30.4 Å². The van der Waals surface area contributed by atoms with Crippen molar-refractivity contribution in [3.05, 3.63) is 42.2 Å². The van der Waals surface area contributed by atoms with Crippen molar-refractivity contribution in [3.8, 4) is 0 Å². The van der Waals surface area contributed by atoms with Gasteiger partial charge in [-0.1, -0.05) is 0 Å². The summed E-state index contributed by atoms with van der Waals surface area (Å²) in [6.45, 7) is 0.806. The van der Waals surface area contributed by atoms with Gasteiger partial charge in [-0.3, -0.25) is 0 Å². The van der Waals surface area contributed by atoms with Crippen molar-refractivity contribution >= 4 is 0 Å². The molecule has 1 aliphatic rings. The summed E-state index contributed by atoms with van der Waals surface area (Å²) >= 11 is 0. The Balaban J connectivity index is 1.74. The number of aromatic nitrogens is 3. The number of nitrogens with zero attached hydrogens (tertiary/aromatic N) is 3. The minimum atomic E-state index is 0.220. The minimum absolute atomic E-state index is 0.220. The molecule has 0 aliphatic heterocycles. The average Bonchev–Trinajstić information content (AvgIpc) is 2.95. The van der Waals surface area contributed by atoms with Crippen LogP contribution in [0, 0.1) is 5.92 Å². The standard InChI is InChI=1S/C13H18N4/c1-16-7-5-15-12(16)9-17-6-4-11(8-17)13(14)10-2-3-10/h4-8,10,13H,2-3,9,14H2,1H3. The lowest BCUT2D eigenvalue weighted by Gasteiger charge is -2.07. The molecule has 2 heterocycles. The van der Waals surface area contributed by atoms with Crippen LogP contribution in [-0.2, 0) is 13.6 Å². The second-order valence-electron chi connectivity index (χ2n) is 4.93. The van der Waals surface area contributed by atoms with Crippen molar-refractivity contribution < 1.29 is 0 Å². The highest BCUT2D eigenvalue weighted by atomic mass is 15.1. The maximum Gasteiger partial charge on any atom is 0.128 e. The summed E-state index contributed by atoms with van der Waals surface area (Å²) < 4.78 is 4.19. The van der Waals surface area contributed by atoms with Gasteiger partial charge in [-0.15, -0.1) is 0 Å². The quantitative estimate of drug-likeness (QED) is 0.868. The van der Waals surface area contributed by atoms with Gasteiger partial charge in [0.05, 0.1) is 6.54 Å². The summed E-state index contributed by atoms with van der Waals surface area (Å²) in [4.78, 5) is 4.32. The first-order chi connectivity index (χ1) is 8.24. The van der Waals surface area contributed by atoms with Crippen LogP contribution in [-0.4, -0.2) is 14.1 Å². The summed E-state index contributed by atoms with van der Waals surface area (Å²) in [6.07, 6.45) is 10.6. The summed E-state index contributed by atoms with van der Waals surface area (Å²) in [5.74, 6) is 1.77. The number of nitrogens with two attached hydrogens (primary N) is 1. The molecule has 1 saturated carbocycles. The van der Waals surface area contributed by atoms with E-state index in [1.807, 2.05) is 24.0 Å². The van der Waals surface area contributed by atoms with E-state index in [0.29, 0.717) is 5.92 Å². The van der Waals surface area contributed by atoms with Gasteiger partial charge < -0.3 is 14.9 Å². The van der Waals surface area contributed by atoms with Crippen LogP contribution in [0.1, 0.15) is 30.3 Å². The van der Waals surface area contributed by atoms with Crippen LogP contribution in [0.3, 0.4) is 0 Å². The van der Waals surface area contributed by atoms with E-state index in [0.717, 1.165) is 12.4 Å². The Hall–Kier alpha value is -1.55. The molecule has 0 spiro atoms. The van der Waals surface area contributed by atoms with E-state index in [1.54, 1.807) is 0 Å². The lowest BCUT2D eigenvalue weighted by Crippen LogP contribution is -2.11. The Bertz CT molecular complexity index is 507. The molecular weight excluding hydrogens is 212 g/mol. The number of imidazole rings is 1. The Morgan fingerprint density at radius 2 is 2.29 bits per heavy atom. The first-order valence-corrected chi connectivity index (χ1v) is 6.11. The molecule has 1 aliphatic carbocycles. The maximum atomic E-state index is 6.18. The van der Waals surface area contributed by atoms with Crippen LogP contribution in [0.4, 0.5) is 0 Å². The largest absolute Gasteiger partial charge is 0.346 e. The first kappa shape index (κ1) is 10.6. The average molecular weight is 230 g/mol. The molecule has 1 fully saturated rings. The molecule has 2 aromatic heterocycles. The van der Waals surface area contributed by atoms with Gasteiger partial charge in [-0.25, -0.2) is 4.98 Å². The van der Waals surface area contributed by atoms with E-state index in [1.165, 1.54) is 18.4 Å². The topological polar surface area (TPSA) is 48.8 Å². The van der Waals surface area contributed by atoms with Gasteiger partial charge in [0.15, 0.2) is 0 Å². The number of hydrogen-bond donors (Lipinski definition) is 1. The van der Waals surface area contributed by atoms with Gasteiger partial charge in [0.25, 0.3) is 0 Å². The molecule has 0 amide bonds. The number of rotatable bonds is 4. The van der Waals surface area contributed by atoms with Crippen molar-refractivity contribution in [1.82, 2.24) is 14.1 Å². The molecule has 4 nitrogen and oxygen atoms in total. The smallest absolute Gasteiger partial charge is 0.128 e. The van der Waals surface area contributed by atoms with E-state index >= 15 is 0 Å². The van der Waals surface area contributed by atoms with Crippen LogP contribution in [0.2, 0.25) is 0 Å². The Labute approximate surface area is 101 Å². The van der Waals surface area contributed by atoms with Crippen molar-refractivity contribution in [2.75, 3.05) is 0 Å². The Morgan fingerprint density at radius 3 is 2.94 bits per heavy atom. The summed E-state index contributed by atoms with van der Waals surface area (Å²) in [5, 5.41) is 0. The van der Waals surface area contributed by atoms with E-state index in [2.05, 4.69) is 28.0 Å². The molecule has 90 valence electrons. The fraction of sp³-hybridized carbons (Fsp3) is 0.462. The Kier molecular flexibility index (Phi) is 2.52. The van der Waals surface area contributed by atoms with Gasteiger partial charge in [0, 0.05) is 37.9 Å².